The fourth-order valence-electron chi connectivity index (χ4n) is 5.12. The molecular formula is C20H30N2S. The molecule has 4 rings (SSSR count). The maximum Gasteiger partial charge on any atom is 0.0461 e. The fourth-order valence-corrected chi connectivity index (χ4v) is 5.66. The van der Waals surface area contributed by atoms with Crippen molar-refractivity contribution in [2.45, 2.75) is 50.5 Å². The van der Waals surface area contributed by atoms with E-state index in [-0.39, 0.29) is 0 Å². The van der Waals surface area contributed by atoms with E-state index in [0.29, 0.717) is 11.0 Å². The van der Waals surface area contributed by atoms with Crippen LogP contribution in [-0.4, -0.2) is 41.6 Å². The first-order valence-corrected chi connectivity index (χ1v) is 10.5. The monoisotopic (exact) mass is 330 g/mol. The van der Waals surface area contributed by atoms with Crippen LogP contribution >= 0.6 is 11.9 Å². The third-order valence-corrected chi connectivity index (χ3v) is 7.83. The van der Waals surface area contributed by atoms with Crippen LogP contribution in [0.3, 0.4) is 0 Å². The predicted octanol–water partition coefficient (Wildman–Crippen LogP) is 4.52. The molecule has 1 aromatic rings. The first kappa shape index (κ1) is 16.0. The standard InChI is InChI=1S/C20H30N2S/c1-23-22-16-12-19(13-17-22)8-10-20(11-9-19,21-14-5-15-21)18-6-3-2-4-7-18/h2-4,6-7H,5,8-17H2,1H3. The fraction of sp³-hybridized carbons (Fsp3) is 0.700. The van der Waals surface area contributed by atoms with Crippen LogP contribution in [0.2, 0.25) is 0 Å². The number of likely N-dealkylation sites (tertiary alicyclic amines) is 1. The van der Waals surface area contributed by atoms with Crippen molar-refractivity contribution in [1.29, 1.82) is 0 Å². The highest BCUT2D eigenvalue weighted by molar-refractivity contribution is 7.96. The van der Waals surface area contributed by atoms with Gasteiger partial charge < -0.3 is 0 Å². The lowest BCUT2D eigenvalue weighted by molar-refractivity contribution is -0.0442. The van der Waals surface area contributed by atoms with Crippen molar-refractivity contribution in [1.82, 2.24) is 9.21 Å². The molecular weight excluding hydrogens is 300 g/mol. The summed E-state index contributed by atoms with van der Waals surface area (Å²) in [4.78, 5) is 2.78. The Bertz CT molecular complexity index is 508. The zero-order valence-corrected chi connectivity index (χ0v) is 15.3. The molecule has 0 bridgehead atoms. The zero-order valence-electron chi connectivity index (χ0n) is 14.5. The van der Waals surface area contributed by atoms with Crippen molar-refractivity contribution < 1.29 is 0 Å². The molecule has 0 radical (unpaired) electrons. The predicted molar refractivity (Wildman–Crippen MR) is 99.5 cm³/mol. The van der Waals surface area contributed by atoms with Gasteiger partial charge >= 0.3 is 0 Å². The summed E-state index contributed by atoms with van der Waals surface area (Å²) in [6.45, 7) is 5.21. The molecule has 3 aliphatic rings. The summed E-state index contributed by atoms with van der Waals surface area (Å²) in [7, 11) is 0. The number of hydrogen-bond donors (Lipinski definition) is 0. The van der Waals surface area contributed by atoms with E-state index in [0.717, 1.165) is 0 Å². The van der Waals surface area contributed by atoms with Gasteiger partial charge in [-0.05, 0) is 62.2 Å². The largest absolute Gasteiger partial charge is 0.294 e. The van der Waals surface area contributed by atoms with Crippen molar-refractivity contribution in [3.8, 4) is 0 Å². The molecule has 23 heavy (non-hydrogen) atoms. The third kappa shape index (κ3) is 2.85. The van der Waals surface area contributed by atoms with E-state index in [9.17, 15) is 0 Å². The van der Waals surface area contributed by atoms with Crippen molar-refractivity contribution in [2.24, 2.45) is 5.41 Å². The average molecular weight is 331 g/mol. The summed E-state index contributed by atoms with van der Waals surface area (Å²) >= 11 is 1.93. The highest BCUT2D eigenvalue weighted by Crippen LogP contribution is 2.54. The molecule has 0 aromatic heterocycles. The number of nitrogens with zero attached hydrogens (tertiary/aromatic N) is 2. The van der Waals surface area contributed by atoms with Gasteiger partial charge in [-0.15, -0.1) is 0 Å². The molecule has 1 aliphatic carbocycles. The second kappa shape index (κ2) is 6.42. The Morgan fingerprint density at radius 1 is 0.826 bits per heavy atom. The second-order valence-electron chi connectivity index (χ2n) is 7.85. The van der Waals surface area contributed by atoms with Gasteiger partial charge in [-0.1, -0.05) is 42.3 Å². The molecule has 0 amide bonds. The molecule has 0 atom stereocenters. The highest BCUT2D eigenvalue weighted by Gasteiger charge is 2.48. The second-order valence-corrected chi connectivity index (χ2v) is 8.73. The molecule has 1 spiro atoms. The van der Waals surface area contributed by atoms with Crippen LogP contribution in [0.4, 0.5) is 0 Å². The minimum Gasteiger partial charge on any atom is -0.294 e. The molecule has 2 aliphatic heterocycles. The number of rotatable bonds is 3. The number of benzene rings is 1. The van der Waals surface area contributed by atoms with E-state index in [1.165, 1.54) is 71.1 Å². The Morgan fingerprint density at radius 3 is 2.00 bits per heavy atom. The van der Waals surface area contributed by atoms with Crippen LogP contribution in [0.1, 0.15) is 50.5 Å². The van der Waals surface area contributed by atoms with Gasteiger partial charge in [-0.2, -0.15) is 0 Å². The first-order valence-electron chi connectivity index (χ1n) is 9.36. The van der Waals surface area contributed by atoms with Crippen LogP contribution in [0, 0.1) is 5.41 Å². The number of piperidine rings is 1. The molecule has 2 nitrogen and oxygen atoms in total. The van der Waals surface area contributed by atoms with Crippen LogP contribution in [0.5, 0.6) is 0 Å². The molecule has 1 aromatic carbocycles. The molecule has 0 N–H and O–H groups in total. The summed E-state index contributed by atoms with van der Waals surface area (Å²) in [5.74, 6) is 0. The molecule has 3 heteroatoms. The van der Waals surface area contributed by atoms with E-state index >= 15 is 0 Å². The molecule has 1 saturated carbocycles. The zero-order chi connectivity index (χ0) is 15.8. The van der Waals surface area contributed by atoms with Gasteiger partial charge in [0.1, 0.15) is 0 Å². The normalized spacial score (nSPS) is 27.7. The SMILES string of the molecule is CSN1CCC2(CC1)CCC(c1ccccc1)(N1CCC1)CC2. The van der Waals surface area contributed by atoms with E-state index in [1.54, 1.807) is 5.56 Å². The Hall–Kier alpha value is -0.510. The Balaban J connectivity index is 1.51. The Morgan fingerprint density at radius 2 is 1.48 bits per heavy atom. The lowest BCUT2D eigenvalue weighted by Crippen LogP contribution is -2.56. The summed E-state index contributed by atoms with van der Waals surface area (Å²) in [6, 6.07) is 11.4. The maximum absolute atomic E-state index is 2.78. The topological polar surface area (TPSA) is 6.48 Å². The van der Waals surface area contributed by atoms with Gasteiger partial charge in [0.25, 0.3) is 0 Å². The first-order chi connectivity index (χ1) is 11.3. The van der Waals surface area contributed by atoms with Crippen molar-refractivity contribution >= 4 is 11.9 Å². The van der Waals surface area contributed by atoms with Crippen LogP contribution < -0.4 is 0 Å². The van der Waals surface area contributed by atoms with Gasteiger partial charge in [-0.25, -0.2) is 0 Å². The minimum atomic E-state index is 0.349. The average Bonchev–Trinajstić information content (AvgIpc) is 2.57. The van der Waals surface area contributed by atoms with Crippen LogP contribution in [0.15, 0.2) is 30.3 Å². The highest BCUT2D eigenvalue weighted by atomic mass is 32.2. The van der Waals surface area contributed by atoms with E-state index in [1.807, 2.05) is 11.9 Å². The summed E-state index contributed by atoms with van der Waals surface area (Å²) < 4.78 is 2.56. The van der Waals surface area contributed by atoms with Gasteiger partial charge in [-0.3, -0.25) is 9.21 Å². The maximum atomic E-state index is 2.78. The summed E-state index contributed by atoms with van der Waals surface area (Å²) in [5, 5.41) is 0. The van der Waals surface area contributed by atoms with Crippen LogP contribution in [-0.2, 0) is 5.54 Å². The van der Waals surface area contributed by atoms with Crippen LogP contribution in [0.25, 0.3) is 0 Å². The lowest BCUT2D eigenvalue weighted by Gasteiger charge is -2.56. The Labute approximate surface area is 145 Å². The molecule has 0 unspecified atom stereocenters. The molecule has 126 valence electrons. The van der Waals surface area contributed by atoms with Crippen molar-refractivity contribution in [3.63, 3.8) is 0 Å². The summed E-state index contributed by atoms with van der Waals surface area (Å²) in [5.41, 5.74) is 2.58. The van der Waals surface area contributed by atoms with Crippen molar-refractivity contribution in [2.75, 3.05) is 32.4 Å². The van der Waals surface area contributed by atoms with Gasteiger partial charge in [0, 0.05) is 31.7 Å². The third-order valence-electron chi connectivity index (χ3n) is 6.95. The van der Waals surface area contributed by atoms with Gasteiger partial charge in [0.2, 0.25) is 0 Å². The van der Waals surface area contributed by atoms with Gasteiger partial charge in [0.05, 0.1) is 0 Å². The molecule has 2 heterocycles. The quantitative estimate of drug-likeness (QED) is 0.752. The smallest absolute Gasteiger partial charge is 0.0461 e. The van der Waals surface area contributed by atoms with Crippen molar-refractivity contribution in [3.05, 3.63) is 35.9 Å². The Kier molecular flexibility index (Phi) is 4.46. The van der Waals surface area contributed by atoms with E-state index < -0.39 is 0 Å². The van der Waals surface area contributed by atoms with E-state index in [2.05, 4.69) is 45.8 Å². The van der Waals surface area contributed by atoms with E-state index in [4.69, 9.17) is 0 Å². The molecule has 3 fully saturated rings. The lowest BCUT2D eigenvalue weighted by atomic mass is 9.61. The number of hydrogen-bond acceptors (Lipinski definition) is 3. The summed E-state index contributed by atoms with van der Waals surface area (Å²) in [6.07, 6.45) is 12.1. The van der Waals surface area contributed by atoms with Gasteiger partial charge in [0.15, 0.2) is 0 Å². The minimum absolute atomic E-state index is 0.349. The molecule has 2 saturated heterocycles.